The maximum absolute atomic E-state index is 12.6. The molecule has 31 heavy (non-hydrogen) atoms. The van der Waals surface area contributed by atoms with Crippen LogP contribution in [0.4, 0.5) is 5.69 Å². The van der Waals surface area contributed by atoms with Crippen molar-refractivity contribution in [1.29, 1.82) is 0 Å². The van der Waals surface area contributed by atoms with E-state index in [1.165, 1.54) is 7.11 Å². The normalized spacial score (nSPS) is 10.9. The maximum atomic E-state index is 12.6. The van der Waals surface area contributed by atoms with Crippen molar-refractivity contribution < 1.29 is 19.1 Å². The Kier molecular flexibility index (Phi) is 9.31. The highest BCUT2D eigenvalue weighted by atomic mass is 16.5. The minimum atomic E-state index is -0.730. The third-order valence-electron chi connectivity index (χ3n) is 4.63. The number of nitrogens with one attached hydrogen (secondary N) is 1. The molecule has 0 spiro atoms. The first-order valence-corrected chi connectivity index (χ1v) is 10.3. The SMILES string of the molecule is CCCCC(=O)N(CC#Cc1ccc(C(=O)NC(C)C(=O)OC)cc1)c1ccccc1. The second-order valence-electron chi connectivity index (χ2n) is 7.02. The zero-order chi connectivity index (χ0) is 22.6. The number of unbranched alkanes of at least 4 members (excludes halogenated alkanes) is 1. The largest absolute Gasteiger partial charge is 0.467 e. The summed E-state index contributed by atoms with van der Waals surface area (Å²) in [6.45, 7) is 3.90. The molecule has 0 saturated heterocycles. The summed E-state index contributed by atoms with van der Waals surface area (Å²) >= 11 is 0. The number of amides is 2. The number of carbonyl (C=O) groups is 3. The third-order valence-corrected chi connectivity index (χ3v) is 4.63. The van der Waals surface area contributed by atoms with E-state index in [0.717, 1.165) is 24.1 Å². The Balaban J connectivity index is 2.05. The molecule has 2 rings (SSSR count). The molecular weight excluding hydrogens is 392 g/mol. The predicted octanol–water partition coefficient (Wildman–Crippen LogP) is 3.55. The van der Waals surface area contributed by atoms with Gasteiger partial charge in [0.1, 0.15) is 6.04 Å². The zero-order valence-electron chi connectivity index (χ0n) is 18.2. The quantitative estimate of drug-likeness (QED) is 0.523. The van der Waals surface area contributed by atoms with E-state index in [-0.39, 0.29) is 18.4 Å². The van der Waals surface area contributed by atoms with E-state index in [2.05, 4.69) is 28.8 Å². The molecule has 6 heteroatoms. The van der Waals surface area contributed by atoms with Gasteiger partial charge in [-0.2, -0.15) is 0 Å². The first-order chi connectivity index (χ1) is 15.0. The summed E-state index contributed by atoms with van der Waals surface area (Å²) in [6.07, 6.45) is 2.28. The summed E-state index contributed by atoms with van der Waals surface area (Å²) in [4.78, 5) is 37.9. The van der Waals surface area contributed by atoms with Gasteiger partial charge in [-0.25, -0.2) is 4.79 Å². The van der Waals surface area contributed by atoms with Gasteiger partial charge in [0.05, 0.1) is 13.7 Å². The summed E-state index contributed by atoms with van der Waals surface area (Å²) in [5.41, 5.74) is 1.97. The summed E-state index contributed by atoms with van der Waals surface area (Å²) < 4.78 is 4.60. The fourth-order valence-electron chi connectivity index (χ4n) is 2.84. The van der Waals surface area contributed by atoms with Gasteiger partial charge in [0.2, 0.25) is 5.91 Å². The monoisotopic (exact) mass is 420 g/mol. The van der Waals surface area contributed by atoms with Crippen molar-refractivity contribution in [2.45, 2.75) is 39.2 Å². The van der Waals surface area contributed by atoms with Gasteiger partial charge in [0.25, 0.3) is 5.91 Å². The number of methoxy groups -OCH3 is 1. The molecule has 0 bridgehead atoms. The van der Waals surface area contributed by atoms with Crippen LogP contribution in [0.15, 0.2) is 54.6 Å². The molecule has 0 aliphatic rings. The zero-order valence-corrected chi connectivity index (χ0v) is 18.2. The number of hydrogen-bond acceptors (Lipinski definition) is 4. The van der Waals surface area contributed by atoms with Crippen molar-refractivity contribution in [3.63, 3.8) is 0 Å². The number of nitrogens with zero attached hydrogens (tertiary/aromatic N) is 1. The number of carbonyl (C=O) groups excluding carboxylic acids is 3. The van der Waals surface area contributed by atoms with Crippen LogP contribution in [-0.4, -0.2) is 37.5 Å². The smallest absolute Gasteiger partial charge is 0.328 e. The molecule has 0 heterocycles. The van der Waals surface area contributed by atoms with Crippen LogP contribution in [0.1, 0.15) is 49.0 Å². The van der Waals surface area contributed by atoms with Crippen LogP contribution in [0.2, 0.25) is 0 Å². The molecule has 2 amide bonds. The minimum absolute atomic E-state index is 0.0501. The van der Waals surface area contributed by atoms with Crippen LogP contribution in [0.25, 0.3) is 0 Å². The van der Waals surface area contributed by atoms with Crippen molar-refractivity contribution in [2.24, 2.45) is 0 Å². The molecule has 1 unspecified atom stereocenters. The van der Waals surface area contributed by atoms with Gasteiger partial charge in [-0.3, -0.25) is 9.59 Å². The van der Waals surface area contributed by atoms with Gasteiger partial charge in [-0.15, -0.1) is 0 Å². The molecule has 0 saturated carbocycles. The summed E-state index contributed by atoms with van der Waals surface area (Å²) in [7, 11) is 1.27. The highest BCUT2D eigenvalue weighted by Gasteiger charge is 2.17. The molecular formula is C25H28N2O4. The van der Waals surface area contributed by atoms with Gasteiger partial charge < -0.3 is 15.0 Å². The number of benzene rings is 2. The second kappa shape index (κ2) is 12.2. The van der Waals surface area contributed by atoms with Crippen molar-refractivity contribution in [3.8, 4) is 11.8 Å². The van der Waals surface area contributed by atoms with Crippen LogP contribution in [0.3, 0.4) is 0 Å². The summed E-state index contributed by atoms with van der Waals surface area (Å²) in [5, 5.41) is 2.58. The van der Waals surface area contributed by atoms with Crippen LogP contribution in [-0.2, 0) is 14.3 Å². The fraction of sp³-hybridized carbons (Fsp3) is 0.320. The Morgan fingerprint density at radius 1 is 1.06 bits per heavy atom. The molecule has 0 fully saturated rings. The van der Waals surface area contributed by atoms with Crippen molar-refractivity contribution in [3.05, 3.63) is 65.7 Å². The molecule has 0 aliphatic heterocycles. The molecule has 6 nitrogen and oxygen atoms in total. The lowest BCUT2D eigenvalue weighted by Crippen LogP contribution is -2.39. The molecule has 1 atom stereocenters. The van der Waals surface area contributed by atoms with E-state index in [0.29, 0.717) is 12.0 Å². The number of rotatable bonds is 8. The van der Waals surface area contributed by atoms with Gasteiger partial charge in [-0.1, -0.05) is 43.4 Å². The summed E-state index contributed by atoms with van der Waals surface area (Å²) in [5.74, 6) is 5.27. The third kappa shape index (κ3) is 7.31. The number of hydrogen-bond donors (Lipinski definition) is 1. The van der Waals surface area contributed by atoms with Crippen LogP contribution >= 0.6 is 0 Å². The number of para-hydroxylation sites is 1. The lowest BCUT2D eigenvalue weighted by atomic mass is 10.1. The Morgan fingerprint density at radius 3 is 2.35 bits per heavy atom. The van der Waals surface area contributed by atoms with E-state index < -0.39 is 12.0 Å². The predicted molar refractivity (Wildman–Crippen MR) is 121 cm³/mol. The molecule has 2 aromatic carbocycles. The molecule has 162 valence electrons. The Hall–Kier alpha value is -3.59. The number of anilines is 1. The summed E-state index contributed by atoms with van der Waals surface area (Å²) in [6, 6.07) is 15.5. The van der Waals surface area contributed by atoms with Crippen LogP contribution in [0.5, 0.6) is 0 Å². The van der Waals surface area contributed by atoms with Crippen LogP contribution < -0.4 is 10.2 Å². The topological polar surface area (TPSA) is 75.7 Å². The number of esters is 1. The molecule has 0 radical (unpaired) electrons. The molecule has 2 aromatic rings. The standard InChI is InChI=1S/C25H28N2O4/c1-4-5-13-23(28)27(22-11-7-6-8-12-22)18-9-10-20-14-16-21(17-15-20)24(29)26-19(2)25(30)31-3/h6-8,11-12,14-17,19H,4-5,13,18H2,1-3H3,(H,26,29). The lowest BCUT2D eigenvalue weighted by molar-refractivity contribution is -0.142. The van der Waals surface area contributed by atoms with Gasteiger partial charge >= 0.3 is 5.97 Å². The van der Waals surface area contributed by atoms with Gasteiger partial charge in [-0.05, 0) is 49.7 Å². The Bertz CT molecular complexity index is 943. The van der Waals surface area contributed by atoms with Crippen molar-refractivity contribution >= 4 is 23.5 Å². The minimum Gasteiger partial charge on any atom is -0.467 e. The van der Waals surface area contributed by atoms with E-state index in [9.17, 15) is 14.4 Å². The van der Waals surface area contributed by atoms with Crippen molar-refractivity contribution in [1.82, 2.24) is 5.32 Å². The average Bonchev–Trinajstić information content (AvgIpc) is 2.80. The van der Waals surface area contributed by atoms with Gasteiger partial charge in [0, 0.05) is 23.2 Å². The highest BCUT2D eigenvalue weighted by molar-refractivity contribution is 5.96. The number of ether oxygens (including phenoxy) is 1. The Labute approximate surface area is 183 Å². The molecule has 0 aromatic heterocycles. The first kappa shape index (κ1) is 23.7. The van der Waals surface area contributed by atoms with Crippen LogP contribution in [0, 0.1) is 11.8 Å². The average molecular weight is 421 g/mol. The molecule has 1 N–H and O–H groups in total. The first-order valence-electron chi connectivity index (χ1n) is 10.3. The maximum Gasteiger partial charge on any atom is 0.328 e. The van der Waals surface area contributed by atoms with E-state index in [1.807, 2.05) is 30.3 Å². The highest BCUT2D eigenvalue weighted by Crippen LogP contribution is 2.15. The lowest BCUT2D eigenvalue weighted by Gasteiger charge is -2.20. The second-order valence-corrected chi connectivity index (χ2v) is 7.02. The van der Waals surface area contributed by atoms with Crippen molar-refractivity contribution in [2.75, 3.05) is 18.6 Å². The fourth-order valence-corrected chi connectivity index (χ4v) is 2.84. The molecule has 0 aliphatic carbocycles. The van der Waals surface area contributed by atoms with E-state index >= 15 is 0 Å². The Morgan fingerprint density at radius 2 is 1.74 bits per heavy atom. The van der Waals surface area contributed by atoms with E-state index in [1.54, 1.807) is 36.1 Å². The van der Waals surface area contributed by atoms with Gasteiger partial charge in [0.15, 0.2) is 0 Å². The van der Waals surface area contributed by atoms with E-state index in [4.69, 9.17) is 0 Å².